The largest absolute Gasteiger partial charge is 0.325 e. The maximum absolute atomic E-state index is 12.8. The molecule has 0 fully saturated rings. The topological polar surface area (TPSA) is 64.0 Å². The summed E-state index contributed by atoms with van der Waals surface area (Å²) in [6, 6.07) is 13.1. The van der Waals surface area contributed by atoms with Gasteiger partial charge in [0.2, 0.25) is 5.91 Å². The van der Waals surface area contributed by atoms with Crippen LogP contribution in [0.2, 0.25) is 0 Å². The number of nitrogens with zero attached hydrogens (tertiary/aromatic N) is 2. The van der Waals surface area contributed by atoms with E-state index in [4.69, 9.17) is 0 Å². The maximum Gasteiger partial charge on any atom is 0.261 e. The molecule has 0 bridgehead atoms. The lowest BCUT2D eigenvalue weighted by molar-refractivity contribution is -0.117. The highest BCUT2D eigenvalue weighted by molar-refractivity contribution is 9.10. The van der Waals surface area contributed by atoms with Gasteiger partial charge in [0.05, 0.1) is 16.8 Å². The molecule has 0 radical (unpaired) electrons. The summed E-state index contributed by atoms with van der Waals surface area (Å²) in [5.41, 5.74) is 2.37. The number of fused-ring (bicyclic) bond motifs is 2. The molecule has 0 spiro atoms. The van der Waals surface area contributed by atoms with Gasteiger partial charge in [-0.05, 0) is 42.8 Å². The van der Waals surface area contributed by atoms with Gasteiger partial charge in [0.1, 0.15) is 5.82 Å². The van der Waals surface area contributed by atoms with Crippen LogP contribution in [0.5, 0.6) is 0 Å². The van der Waals surface area contributed by atoms with Crippen molar-refractivity contribution in [2.45, 2.75) is 25.8 Å². The van der Waals surface area contributed by atoms with Gasteiger partial charge in [0.25, 0.3) is 5.56 Å². The summed E-state index contributed by atoms with van der Waals surface area (Å²) in [6.07, 6.45) is 0.392. The van der Waals surface area contributed by atoms with Crippen molar-refractivity contribution >= 4 is 38.4 Å². The van der Waals surface area contributed by atoms with E-state index in [1.807, 2.05) is 43.3 Å². The normalized spacial score (nSPS) is 16.1. The Morgan fingerprint density at radius 3 is 2.80 bits per heavy atom. The third-order valence-corrected chi connectivity index (χ3v) is 5.10. The Morgan fingerprint density at radius 1 is 1.20 bits per heavy atom. The van der Waals surface area contributed by atoms with E-state index < -0.39 is 0 Å². The van der Waals surface area contributed by atoms with Crippen molar-refractivity contribution in [3.05, 3.63) is 68.7 Å². The standard InChI is InChI=1S/C19H16BrN3O2/c1-2-23-17(21-15-6-4-3-5-12(15)19(23)25)10-14-13-9-11(20)7-8-16(13)22-18(14)24/h3-9,14H,2,10H2,1H3,(H,22,24)/t14-/m0/s1. The number of benzene rings is 2. The smallest absolute Gasteiger partial charge is 0.261 e. The number of hydrogen-bond donors (Lipinski definition) is 1. The number of para-hydroxylation sites is 1. The number of halogens is 1. The number of rotatable bonds is 3. The summed E-state index contributed by atoms with van der Waals surface area (Å²) in [5.74, 6) is 0.232. The molecular weight excluding hydrogens is 382 g/mol. The first-order chi connectivity index (χ1) is 12.1. The van der Waals surface area contributed by atoms with Crippen molar-refractivity contribution in [1.82, 2.24) is 9.55 Å². The van der Waals surface area contributed by atoms with E-state index in [9.17, 15) is 9.59 Å². The Bertz CT molecular complexity index is 1060. The molecule has 0 saturated heterocycles. The van der Waals surface area contributed by atoms with Crippen molar-refractivity contribution in [1.29, 1.82) is 0 Å². The van der Waals surface area contributed by atoms with Crippen LogP contribution in [0.15, 0.2) is 51.7 Å². The van der Waals surface area contributed by atoms with E-state index in [2.05, 4.69) is 26.2 Å². The van der Waals surface area contributed by atoms with Crippen LogP contribution >= 0.6 is 15.9 Å². The van der Waals surface area contributed by atoms with Crippen LogP contribution < -0.4 is 10.9 Å². The summed E-state index contributed by atoms with van der Waals surface area (Å²) in [5, 5.41) is 3.51. The number of anilines is 1. The number of carbonyl (C=O) groups excluding carboxylic acids is 1. The van der Waals surface area contributed by atoms with E-state index in [1.165, 1.54) is 0 Å². The van der Waals surface area contributed by atoms with Gasteiger partial charge in [-0.1, -0.05) is 28.1 Å². The molecule has 1 aromatic heterocycles. The Labute approximate surface area is 152 Å². The van der Waals surface area contributed by atoms with Crippen LogP contribution in [0.3, 0.4) is 0 Å². The average molecular weight is 398 g/mol. The number of hydrogen-bond acceptors (Lipinski definition) is 3. The number of amides is 1. The van der Waals surface area contributed by atoms with E-state index in [0.717, 1.165) is 15.7 Å². The van der Waals surface area contributed by atoms with Gasteiger partial charge in [0.15, 0.2) is 0 Å². The molecule has 2 heterocycles. The first kappa shape index (κ1) is 16.0. The van der Waals surface area contributed by atoms with Gasteiger partial charge < -0.3 is 5.32 Å². The second-order valence-corrected chi connectivity index (χ2v) is 6.99. The molecule has 6 heteroatoms. The minimum atomic E-state index is -0.349. The van der Waals surface area contributed by atoms with Gasteiger partial charge in [-0.3, -0.25) is 14.2 Å². The minimum Gasteiger partial charge on any atom is -0.325 e. The zero-order valence-electron chi connectivity index (χ0n) is 13.6. The second kappa shape index (κ2) is 6.11. The van der Waals surface area contributed by atoms with Crippen LogP contribution in [-0.2, 0) is 17.8 Å². The Hall–Kier alpha value is -2.47. The van der Waals surface area contributed by atoms with Crippen LogP contribution in [0, 0.1) is 0 Å². The number of nitrogens with one attached hydrogen (secondary N) is 1. The lowest BCUT2D eigenvalue weighted by Gasteiger charge is -2.14. The molecule has 1 amide bonds. The van der Waals surface area contributed by atoms with Crippen LogP contribution in [0.25, 0.3) is 10.9 Å². The molecule has 2 aromatic carbocycles. The van der Waals surface area contributed by atoms with Crippen LogP contribution in [0.4, 0.5) is 5.69 Å². The van der Waals surface area contributed by atoms with E-state index in [1.54, 1.807) is 10.6 Å². The Morgan fingerprint density at radius 2 is 2.00 bits per heavy atom. The van der Waals surface area contributed by atoms with Crippen molar-refractivity contribution in [2.24, 2.45) is 0 Å². The summed E-state index contributed by atoms with van der Waals surface area (Å²) >= 11 is 3.46. The molecule has 4 rings (SSSR count). The summed E-state index contributed by atoms with van der Waals surface area (Å²) in [6.45, 7) is 2.44. The molecule has 3 aromatic rings. The molecular formula is C19H16BrN3O2. The molecule has 5 nitrogen and oxygen atoms in total. The third kappa shape index (κ3) is 2.66. The molecule has 0 aliphatic carbocycles. The molecule has 126 valence electrons. The predicted octanol–water partition coefficient (Wildman–Crippen LogP) is 3.46. The van der Waals surface area contributed by atoms with Gasteiger partial charge in [-0.25, -0.2) is 4.98 Å². The van der Waals surface area contributed by atoms with E-state index in [0.29, 0.717) is 29.7 Å². The molecule has 1 aliphatic heterocycles. The van der Waals surface area contributed by atoms with Crippen LogP contribution in [0.1, 0.15) is 24.2 Å². The van der Waals surface area contributed by atoms with Gasteiger partial charge in [-0.2, -0.15) is 0 Å². The molecule has 1 atom stereocenters. The summed E-state index contributed by atoms with van der Waals surface area (Å²) in [7, 11) is 0. The van der Waals surface area contributed by atoms with E-state index in [-0.39, 0.29) is 17.4 Å². The highest BCUT2D eigenvalue weighted by atomic mass is 79.9. The van der Waals surface area contributed by atoms with Crippen molar-refractivity contribution < 1.29 is 4.79 Å². The van der Waals surface area contributed by atoms with Gasteiger partial charge in [-0.15, -0.1) is 0 Å². The summed E-state index contributed by atoms with van der Waals surface area (Å²) < 4.78 is 2.58. The molecule has 25 heavy (non-hydrogen) atoms. The average Bonchev–Trinajstić information content (AvgIpc) is 2.90. The Balaban J connectivity index is 1.83. The Kier molecular flexibility index (Phi) is 3.92. The number of carbonyl (C=O) groups is 1. The van der Waals surface area contributed by atoms with Gasteiger partial charge >= 0.3 is 0 Å². The fourth-order valence-electron chi connectivity index (χ4n) is 3.38. The monoisotopic (exact) mass is 397 g/mol. The molecule has 0 unspecified atom stereocenters. The zero-order valence-corrected chi connectivity index (χ0v) is 15.2. The summed E-state index contributed by atoms with van der Waals surface area (Å²) in [4.78, 5) is 29.9. The predicted molar refractivity (Wildman–Crippen MR) is 101 cm³/mol. The van der Waals surface area contributed by atoms with Crippen molar-refractivity contribution in [3.63, 3.8) is 0 Å². The van der Waals surface area contributed by atoms with Gasteiger partial charge in [0, 0.05) is 23.1 Å². The lowest BCUT2D eigenvalue weighted by Crippen LogP contribution is -2.27. The van der Waals surface area contributed by atoms with Crippen molar-refractivity contribution in [2.75, 3.05) is 5.32 Å². The minimum absolute atomic E-state index is 0.0573. The lowest BCUT2D eigenvalue weighted by atomic mass is 9.96. The van der Waals surface area contributed by atoms with Crippen LogP contribution in [-0.4, -0.2) is 15.5 Å². The van der Waals surface area contributed by atoms with E-state index >= 15 is 0 Å². The SMILES string of the molecule is CCn1c(C[C@@H]2C(=O)Nc3ccc(Br)cc32)nc2ccccc2c1=O. The molecule has 1 N–H and O–H groups in total. The first-order valence-electron chi connectivity index (χ1n) is 8.17. The highest BCUT2D eigenvalue weighted by Gasteiger charge is 2.32. The second-order valence-electron chi connectivity index (χ2n) is 6.07. The maximum atomic E-state index is 12.8. The first-order valence-corrected chi connectivity index (χ1v) is 8.96. The quantitative estimate of drug-likeness (QED) is 0.735. The molecule has 0 saturated carbocycles. The molecule has 1 aliphatic rings. The van der Waals surface area contributed by atoms with Crippen molar-refractivity contribution in [3.8, 4) is 0 Å². The zero-order chi connectivity index (χ0) is 17.6. The fraction of sp³-hybridized carbons (Fsp3) is 0.211. The highest BCUT2D eigenvalue weighted by Crippen LogP contribution is 2.36. The third-order valence-electron chi connectivity index (χ3n) is 4.61. The fourth-order valence-corrected chi connectivity index (χ4v) is 3.76. The number of aromatic nitrogens is 2.